The maximum Gasteiger partial charge on any atom is 0.264 e. The highest BCUT2D eigenvalue weighted by molar-refractivity contribution is 7.92. The molecule has 12 nitrogen and oxygen atoms in total. The van der Waals surface area contributed by atoms with Crippen LogP contribution in [0.25, 0.3) is 11.6 Å². The van der Waals surface area contributed by atoms with E-state index in [-0.39, 0.29) is 22.9 Å². The SMILES string of the molecule is C=CS(=O)(=O)N(C)Cc1[nH]c(/C=C2/C(=O)Nc3ccc(S(=O)(=O)N(C)c4cccc(Cl)c4)cc32)c(C)c1C(=O)N1CCN(C)CC1. The number of anilines is 2. The number of sulfonamides is 2. The minimum atomic E-state index is -4.04. The average molecular weight is 687 g/mol. The molecule has 0 atom stereocenters. The van der Waals surface area contributed by atoms with Gasteiger partial charge < -0.3 is 20.1 Å². The molecule has 3 aromatic rings. The molecule has 2 N–H and O–H groups in total. The summed E-state index contributed by atoms with van der Waals surface area (Å²) in [5.74, 6) is -0.707. The van der Waals surface area contributed by atoms with Crippen LogP contribution in [0.2, 0.25) is 5.02 Å². The number of rotatable bonds is 9. The normalized spacial score (nSPS) is 16.5. The summed E-state index contributed by atoms with van der Waals surface area (Å²) in [4.78, 5) is 34.0. The van der Waals surface area contributed by atoms with Gasteiger partial charge in [-0.2, -0.15) is 4.31 Å². The Kier molecular flexibility index (Phi) is 9.21. The van der Waals surface area contributed by atoms with Crippen molar-refractivity contribution in [3.05, 3.63) is 87.6 Å². The van der Waals surface area contributed by atoms with E-state index < -0.39 is 26.0 Å². The molecule has 0 unspecified atom stereocenters. The topological polar surface area (TPSA) is 143 Å². The van der Waals surface area contributed by atoms with Gasteiger partial charge in [0.1, 0.15) is 0 Å². The summed E-state index contributed by atoms with van der Waals surface area (Å²) in [6.07, 6.45) is 1.56. The van der Waals surface area contributed by atoms with Gasteiger partial charge in [-0.05, 0) is 62.0 Å². The summed E-state index contributed by atoms with van der Waals surface area (Å²) in [6, 6.07) is 10.8. The van der Waals surface area contributed by atoms with E-state index >= 15 is 0 Å². The Hall–Kier alpha value is -3.95. The van der Waals surface area contributed by atoms with E-state index in [1.807, 2.05) is 7.05 Å². The lowest BCUT2D eigenvalue weighted by molar-refractivity contribution is -0.110. The number of nitrogens with one attached hydrogen (secondary N) is 2. The van der Waals surface area contributed by atoms with Gasteiger partial charge in [0.2, 0.25) is 10.0 Å². The summed E-state index contributed by atoms with van der Waals surface area (Å²) in [5.41, 5.74) is 2.96. The van der Waals surface area contributed by atoms with Gasteiger partial charge >= 0.3 is 0 Å². The van der Waals surface area contributed by atoms with E-state index in [2.05, 4.69) is 21.8 Å². The van der Waals surface area contributed by atoms with Crippen LogP contribution in [0.5, 0.6) is 0 Å². The third kappa shape index (κ3) is 6.35. The van der Waals surface area contributed by atoms with Crippen molar-refractivity contribution >= 4 is 66.5 Å². The van der Waals surface area contributed by atoms with Crippen molar-refractivity contribution < 1.29 is 26.4 Å². The van der Waals surface area contributed by atoms with Crippen molar-refractivity contribution in [2.45, 2.75) is 18.4 Å². The molecule has 0 aliphatic carbocycles. The zero-order chi connectivity index (χ0) is 33.6. The van der Waals surface area contributed by atoms with Crippen molar-refractivity contribution in [2.24, 2.45) is 0 Å². The number of aromatic amines is 1. The number of amides is 2. The highest BCUT2D eigenvalue weighted by atomic mass is 35.5. The number of aromatic nitrogens is 1. The number of carbonyl (C=O) groups excluding carboxylic acids is 2. The van der Waals surface area contributed by atoms with Gasteiger partial charge in [0.25, 0.3) is 21.8 Å². The summed E-state index contributed by atoms with van der Waals surface area (Å²) in [7, 11) is -3.05. The molecule has 0 radical (unpaired) electrons. The summed E-state index contributed by atoms with van der Waals surface area (Å²) < 4.78 is 54.4. The predicted octanol–water partition coefficient (Wildman–Crippen LogP) is 3.59. The molecule has 15 heteroatoms. The molecule has 1 saturated heterocycles. The first kappa shape index (κ1) is 33.4. The van der Waals surface area contributed by atoms with E-state index in [4.69, 9.17) is 11.6 Å². The molecular formula is C31H35ClN6O6S2. The molecule has 5 rings (SSSR count). The second kappa shape index (κ2) is 12.7. The number of likely N-dealkylation sites (N-methyl/N-ethyl adjacent to an activating group) is 1. The van der Waals surface area contributed by atoms with Gasteiger partial charge in [0.15, 0.2) is 0 Å². The van der Waals surface area contributed by atoms with Gasteiger partial charge in [-0.1, -0.05) is 24.2 Å². The molecule has 46 heavy (non-hydrogen) atoms. The van der Waals surface area contributed by atoms with Crippen LogP contribution in [0.4, 0.5) is 11.4 Å². The highest BCUT2D eigenvalue weighted by Gasteiger charge is 2.32. The van der Waals surface area contributed by atoms with Crippen molar-refractivity contribution in [1.29, 1.82) is 0 Å². The molecule has 244 valence electrons. The Balaban J connectivity index is 1.57. The number of fused-ring (bicyclic) bond motifs is 1. The minimum Gasteiger partial charge on any atom is -0.357 e. The summed E-state index contributed by atoms with van der Waals surface area (Å²) >= 11 is 6.09. The van der Waals surface area contributed by atoms with E-state index in [0.29, 0.717) is 70.7 Å². The molecule has 3 heterocycles. The average Bonchev–Trinajstić information content (AvgIpc) is 3.50. The first-order chi connectivity index (χ1) is 21.6. The Labute approximate surface area is 274 Å². The van der Waals surface area contributed by atoms with Crippen LogP contribution in [0.15, 0.2) is 59.3 Å². The molecule has 2 aliphatic heterocycles. The molecule has 2 aromatic carbocycles. The van der Waals surface area contributed by atoms with Crippen LogP contribution >= 0.6 is 11.6 Å². The smallest absolute Gasteiger partial charge is 0.264 e. The largest absolute Gasteiger partial charge is 0.357 e. The Morgan fingerprint density at radius 1 is 1.07 bits per heavy atom. The monoisotopic (exact) mass is 686 g/mol. The van der Waals surface area contributed by atoms with Gasteiger partial charge in [-0.15, -0.1) is 0 Å². The van der Waals surface area contributed by atoms with Crippen LogP contribution in [-0.4, -0.2) is 95.1 Å². The van der Waals surface area contributed by atoms with Gasteiger partial charge in [-0.25, -0.2) is 16.8 Å². The Bertz CT molecular complexity index is 1980. The van der Waals surface area contributed by atoms with E-state index in [1.165, 1.54) is 38.4 Å². The fourth-order valence-corrected chi connectivity index (χ4v) is 7.39. The number of piperazine rings is 1. The lowest BCUT2D eigenvalue weighted by Gasteiger charge is -2.32. The molecule has 0 saturated carbocycles. The predicted molar refractivity (Wildman–Crippen MR) is 179 cm³/mol. The maximum absolute atomic E-state index is 13.8. The summed E-state index contributed by atoms with van der Waals surface area (Å²) in [6.45, 7) is 7.37. The van der Waals surface area contributed by atoms with Crippen molar-refractivity contribution in [3.63, 3.8) is 0 Å². The minimum absolute atomic E-state index is 0.0396. The van der Waals surface area contributed by atoms with Crippen LogP contribution < -0.4 is 9.62 Å². The fourth-order valence-electron chi connectivity index (χ4n) is 5.42. The number of nitrogens with zero attached hydrogens (tertiary/aromatic N) is 4. The van der Waals surface area contributed by atoms with Crippen molar-refractivity contribution in [3.8, 4) is 0 Å². The van der Waals surface area contributed by atoms with E-state index in [1.54, 1.807) is 36.1 Å². The molecule has 2 aliphatic rings. The molecule has 2 amide bonds. The number of hydrogen-bond donors (Lipinski definition) is 2. The second-order valence-corrected chi connectivity index (χ2v) is 15.6. The van der Waals surface area contributed by atoms with Gasteiger partial charge in [0, 0.05) is 73.3 Å². The van der Waals surface area contributed by atoms with Crippen LogP contribution in [0, 0.1) is 6.92 Å². The molecule has 1 fully saturated rings. The zero-order valence-corrected chi connectivity index (χ0v) is 28.3. The van der Waals surface area contributed by atoms with Gasteiger partial charge in [0.05, 0.1) is 28.3 Å². The van der Waals surface area contributed by atoms with Crippen LogP contribution in [-0.2, 0) is 31.4 Å². The molecule has 1 aromatic heterocycles. The zero-order valence-electron chi connectivity index (χ0n) is 25.9. The van der Waals surface area contributed by atoms with Crippen molar-refractivity contribution in [2.75, 3.05) is 56.9 Å². The maximum atomic E-state index is 13.8. The van der Waals surface area contributed by atoms with Crippen LogP contribution in [0.1, 0.15) is 32.9 Å². The number of carbonyl (C=O) groups is 2. The standard InChI is InChI=1S/C31H35ClN6O6S2/c1-6-45(41,42)36(4)19-28-29(31(40)38-14-12-35(3)13-15-38)20(2)27(33-28)18-25-24-17-23(10-11-26(24)34-30(25)39)46(43,44)37(5)22-9-7-8-21(32)16-22/h6-11,16-18,33H,1,12-15,19H2,2-5H3,(H,34,39)/b25-18+. The van der Waals surface area contributed by atoms with Crippen molar-refractivity contribution in [1.82, 2.24) is 19.1 Å². The molecule has 0 spiro atoms. The van der Waals surface area contributed by atoms with E-state index in [9.17, 15) is 26.4 Å². The third-order valence-corrected chi connectivity index (χ3v) is 11.7. The second-order valence-electron chi connectivity index (χ2n) is 11.3. The third-order valence-electron chi connectivity index (χ3n) is 8.29. The fraction of sp³-hybridized carbons (Fsp3) is 0.290. The van der Waals surface area contributed by atoms with Crippen LogP contribution in [0.3, 0.4) is 0 Å². The first-order valence-corrected chi connectivity index (χ1v) is 17.7. The Morgan fingerprint density at radius 2 is 1.76 bits per heavy atom. The highest BCUT2D eigenvalue weighted by Crippen LogP contribution is 2.37. The lowest BCUT2D eigenvalue weighted by Crippen LogP contribution is -2.47. The number of hydrogen-bond acceptors (Lipinski definition) is 7. The summed E-state index contributed by atoms with van der Waals surface area (Å²) in [5, 5.41) is 3.99. The quantitative estimate of drug-likeness (QED) is 0.328. The molecule has 0 bridgehead atoms. The Morgan fingerprint density at radius 3 is 2.41 bits per heavy atom. The first-order valence-electron chi connectivity index (χ1n) is 14.3. The van der Waals surface area contributed by atoms with E-state index in [0.717, 1.165) is 14.0 Å². The molecular weight excluding hydrogens is 652 g/mol. The number of H-pyrrole nitrogens is 1. The van der Waals surface area contributed by atoms with Gasteiger partial charge in [-0.3, -0.25) is 13.9 Å². The number of halogens is 1. The number of benzene rings is 2. The lowest BCUT2D eigenvalue weighted by atomic mass is 10.0.